The molecule has 0 saturated carbocycles. The molecule has 0 radical (unpaired) electrons. The lowest BCUT2D eigenvalue weighted by atomic mass is 10.2. The molecule has 0 saturated heterocycles. The van der Waals surface area contributed by atoms with Crippen LogP contribution in [0.4, 0.5) is 5.69 Å². The van der Waals surface area contributed by atoms with Gasteiger partial charge in [-0.05, 0) is 34.1 Å². The van der Waals surface area contributed by atoms with Crippen molar-refractivity contribution in [2.75, 3.05) is 31.2 Å². The standard InChI is InChI=1S/C15H25BrN2O2Si/c1-15(2,3)21(4,5)20-9-7-18-6-8-19-14-12(16)10-17-11-13(14)18/h10-11H,6-9H2,1-5H3. The lowest BCUT2D eigenvalue weighted by Crippen LogP contribution is -2.43. The molecule has 0 bridgehead atoms. The number of hydrogen-bond donors (Lipinski definition) is 0. The number of fused-ring (bicyclic) bond motifs is 1. The molecule has 1 aliphatic rings. The van der Waals surface area contributed by atoms with Gasteiger partial charge in [-0.15, -0.1) is 0 Å². The van der Waals surface area contributed by atoms with Crippen LogP contribution in [0.1, 0.15) is 20.8 Å². The first-order valence-corrected chi connectivity index (χ1v) is 11.1. The highest BCUT2D eigenvalue weighted by molar-refractivity contribution is 9.10. The van der Waals surface area contributed by atoms with Crippen molar-refractivity contribution in [3.8, 4) is 5.75 Å². The number of hydrogen-bond acceptors (Lipinski definition) is 4. The van der Waals surface area contributed by atoms with Crippen LogP contribution in [0.15, 0.2) is 16.9 Å². The van der Waals surface area contributed by atoms with Gasteiger partial charge in [-0.2, -0.15) is 0 Å². The van der Waals surface area contributed by atoms with Crippen molar-refractivity contribution >= 4 is 29.9 Å². The van der Waals surface area contributed by atoms with Gasteiger partial charge in [-0.3, -0.25) is 4.98 Å². The van der Waals surface area contributed by atoms with E-state index in [1.165, 1.54) is 0 Å². The summed E-state index contributed by atoms with van der Waals surface area (Å²) in [6, 6.07) is 0. The van der Waals surface area contributed by atoms with E-state index >= 15 is 0 Å². The van der Waals surface area contributed by atoms with Crippen LogP contribution in [-0.4, -0.2) is 39.6 Å². The van der Waals surface area contributed by atoms with Crippen LogP contribution in [0.3, 0.4) is 0 Å². The maximum atomic E-state index is 6.27. The molecule has 1 aromatic heterocycles. The number of ether oxygens (including phenoxy) is 1. The van der Waals surface area contributed by atoms with Crippen molar-refractivity contribution in [3.63, 3.8) is 0 Å². The summed E-state index contributed by atoms with van der Waals surface area (Å²) in [5, 5.41) is 0.250. The van der Waals surface area contributed by atoms with Gasteiger partial charge >= 0.3 is 0 Å². The van der Waals surface area contributed by atoms with Crippen molar-refractivity contribution in [1.29, 1.82) is 0 Å². The topological polar surface area (TPSA) is 34.6 Å². The Bertz CT molecular complexity index is 503. The molecule has 0 spiro atoms. The zero-order chi connectivity index (χ0) is 15.7. The fraction of sp³-hybridized carbons (Fsp3) is 0.667. The van der Waals surface area contributed by atoms with Crippen LogP contribution >= 0.6 is 15.9 Å². The quantitative estimate of drug-likeness (QED) is 0.746. The maximum Gasteiger partial charge on any atom is 0.192 e. The second-order valence-electron chi connectivity index (χ2n) is 6.91. The summed E-state index contributed by atoms with van der Waals surface area (Å²) in [5.74, 6) is 0.892. The number of aromatic nitrogens is 1. The molecule has 0 aromatic carbocycles. The number of halogens is 1. The second-order valence-corrected chi connectivity index (χ2v) is 12.6. The van der Waals surface area contributed by atoms with E-state index in [9.17, 15) is 0 Å². The van der Waals surface area contributed by atoms with E-state index in [0.29, 0.717) is 6.61 Å². The summed E-state index contributed by atoms with van der Waals surface area (Å²) in [6.07, 6.45) is 3.64. The van der Waals surface area contributed by atoms with Crippen LogP contribution in [-0.2, 0) is 4.43 Å². The van der Waals surface area contributed by atoms with E-state index in [0.717, 1.165) is 35.6 Å². The number of anilines is 1. The van der Waals surface area contributed by atoms with Gasteiger partial charge in [0.05, 0.1) is 29.5 Å². The Hall–Kier alpha value is -0.593. The monoisotopic (exact) mass is 372 g/mol. The maximum absolute atomic E-state index is 6.27. The highest BCUT2D eigenvalue weighted by atomic mass is 79.9. The number of pyridine rings is 1. The molecule has 0 atom stereocenters. The molecule has 0 fully saturated rings. The molecule has 118 valence electrons. The molecule has 6 heteroatoms. The van der Waals surface area contributed by atoms with E-state index in [4.69, 9.17) is 9.16 Å². The SMILES string of the molecule is CC(C)(C)[Si](C)(C)OCCN1CCOc2c(Br)cncc21. The molecule has 21 heavy (non-hydrogen) atoms. The fourth-order valence-electron chi connectivity index (χ4n) is 2.02. The highest BCUT2D eigenvalue weighted by Crippen LogP contribution is 2.38. The van der Waals surface area contributed by atoms with Gasteiger partial charge < -0.3 is 14.1 Å². The zero-order valence-corrected chi connectivity index (χ0v) is 16.2. The largest absolute Gasteiger partial charge is 0.488 e. The van der Waals surface area contributed by atoms with E-state index in [2.05, 4.69) is 59.7 Å². The summed E-state index contributed by atoms with van der Waals surface area (Å²) in [6.45, 7) is 14.6. The predicted molar refractivity (Wildman–Crippen MR) is 92.8 cm³/mol. The lowest BCUT2D eigenvalue weighted by molar-refractivity contribution is 0.274. The van der Waals surface area contributed by atoms with Gasteiger partial charge in [0.1, 0.15) is 6.61 Å². The Morgan fingerprint density at radius 1 is 1.38 bits per heavy atom. The number of nitrogens with zero attached hydrogens (tertiary/aromatic N) is 2. The smallest absolute Gasteiger partial charge is 0.192 e. The van der Waals surface area contributed by atoms with Crippen LogP contribution in [0.2, 0.25) is 18.1 Å². The van der Waals surface area contributed by atoms with Gasteiger partial charge in [0.15, 0.2) is 14.1 Å². The molecule has 1 aliphatic heterocycles. The van der Waals surface area contributed by atoms with Crippen LogP contribution in [0.25, 0.3) is 0 Å². The van der Waals surface area contributed by atoms with Gasteiger partial charge in [-0.1, -0.05) is 20.8 Å². The summed E-state index contributed by atoms with van der Waals surface area (Å²) < 4.78 is 12.9. The molecule has 0 amide bonds. The van der Waals surface area contributed by atoms with E-state index in [1.54, 1.807) is 6.20 Å². The third-order valence-electron chi connectivity index (χ3n) is 4.41. The van der Waals surface area contributed by atoms with Gasteiger partial charge in [0.25, 0.3) is 0 Å². The molecule has 1 aromatic rings. The van der Waals surface area contributed by atoms with Crippen molar-refractivity contribution in [2.45, 2.75) is 38.9 Å². The zero-order valence-electron chi connectivity index (χ0n) is 13.6. The van der Waals surface area contributed by atoms with Crippen molar-refractivity contribution in [1.82, 2.24) is 4.98 Å². The van der Waals surface area contributed by atoms with Crippen molar-refractivity contribution < 1.29 is 9.16 Å². The van der Waals surface area contributed by atoms with Crippen LogP contribution in [0.5, 0.6) is 5.75 Å². The van der Waals surface area contributed by atoms with E-state index in [-0.39, 0.29) is 5.04 Å². The third kappa shape index (κ3) is 3.79. The Morgan fingerprint density at radius 3 is 2.76 bits per heavy atom. The van der Waals surface area contributed by atoms with E-state index in [1.807, 2.05) is 6.20 Å². The molecule has 4 nitrogen and oxygen atoms in total. The number of rotatable bonds is 4. The minimum atomic E-state index is -1.67. The van der Waals surface area contributed by atoms with Crippen LogP contribution < -0.4 is 9.64 Å². The molecule has 2 rings (SSSR count). The Balaban J connectivity index is 1.99. The molecule has 0 aliphatic carbocycles. The summed E-state index contributed by atoms with van der Waals surface area (Å²) in [5.41, 5.74) is 1.05. The molecular formula is C15H25BrN2O2Si. The van der Waals surface area contributed by atoms with Gasteiger partial charge in [0.2, 0.25) is 0 Å². The van der Waals surface area contributed by atoms with Gasteiger partial charge in [-0.25, -0.2) is 0 Å². The second kappa shape index (κ2) is 6.26. The predicted octanol–water partition coefficient (Wildman–Crippen LogP) is 4.06. The minimum Gasteiger partial charge on any atom is -0.488 e. The summed E-state index contributed by atoms with van der Waals surface area (Å²) in [4.78, 5) is 6.54. The fourth-order valence-corrected chi connectivity index (χ4v) is 3.49. The van der Waals surface area contributed by atoms with Crippen molar-refractivity contribution in [2.24, 2.45) is 0 Å². The van der Waals surface area contributed by atoms with E-state index < -0.39 is 8.32 Å². The van der Waals surface area contributed by atoms with Gasteiger partial charge in [0, 0.05) is 12.7 Å². The Kier molecular flexibility index (Phi) is 5.00. The average molecular weight is 373 g/mol. The highest BCUT2D eigenvalue weighted by Gasteiger charge is 2.37. The molecular weight excluding hydrogens is 348 g/mol. The Labute approximate surface area is 137 Å². The Morgan fingerprint density at radius 2 is 2.10 bits per heavy atom. The third-order valence-corrected chi connectivity index (χ3v) is 9.52. The average Bonchev–Trinajstić information content (AvgIpc) is 2.38. The molecule has 2 heterocycles. The summed E-state index contributed by atoms with van der Waals surface area (Å²) >= 11 is 3.50. The molecule has 0 unspecified atom stereocenters. The van der Waals surface area contributed by atoms with Crippen LogP contribution in [0, 0.1) is 0 Å². The van der Waals surface area contributed by atoms with Crippen molar-refractivity contribution in [3.05, 3.63) is 16.9 Å². The first-order chi connectivity index (χ1) is 9.72. The lowest BCUT2D eigenvalue weighted by Gasteiger charge is -2.37. The first kappa shape index (κ1) is 16.8. The normalized spacial score (nSPS) is 15.6. The first-order valence-electron chi connectivity index (χ1n) is 7.37. The minimum absolute atomic E-state index is 0.250. The summed E-state index contributed by atoms with van der Waals surface area (Å²) in [7, 11) is -1.67. The molecule has 0 N–H and O–H groups in total.